The van der Waals surface area contributed by atoms with Crippen molar-refractivity contribution < 1.29 is 0 Å². The number of benzene rings is 1. The van der Waals surface area contributed by atoms with Crippen molar-refractivity contribution in [2.24, 2.45) is 5.73 Å². The highest BCUT2D eigenvalue weighted by Crippen LogP contribution is 2.26. The molecule has 1 aromatic heterocycles. The van der Waals surface area contributed by atoms with Crippen molar-refractivity contribution in [3.05, 3.63) is 36.5 Å². The predicted octanol–water partition coefficient (Wildman–Crippen LogP) is 2.14. The van der Waals surface area contributed by atoms with Gasteiger partial charge in [0.1, 0.15) is 0 Å². The van der Waals surface area contributed by atoms with Crippen molar-refractivity contribution in [3.8, 4) is 0 Å². The number of hydrogen-bond donors (Lipinski definition) is 2. The number of nitrogens with zero attached hydrogens (tertiary/aromatic N) is 1. The minimum Gasteiger partial charge on any atom is -0.382 e. The molecule has 3 nitrogen and oxygen atoms in total. The summed E-state index contributed by atoms with van der Waals surface area (Å²) in [6.45, 7) is 0. The summed E-state index contributed by atoms with van der Waals surface area (Å²) in [5.74, 6) is 0. The highest BCUT2D eigenvalue weighted by molar-refractivity contribution is 5.90. The van der Waals surface area contributed by atoms with Crippen LogP contribution in [0.5, 0.6) is 0 Å². The fourth-order valence-electron chi connectivity index (χ4n) is 2.22. The van der Waals surface area contributed by atoms with Crippen molar-refractivity contribution in [1.82, 2.24) is 4.98 Å². The van der Waals surface area contributed by atoms with Crippen LogP contribution in [-0.4, -0.2) is 17.1 Å². The van der Waals surface area contributed by atoms with Crippen molar-refractivity contribution >= 4 is 16.6 Å². The van der Waals surface area contributed by atoms with E-state index < -0.39 is 0 Å². The summed E-state index contributed by atoms with van der Waals surface area (Å²) in [6.07, 6.45) is 3.98. The van der Waals surface area contributed by atoms with Crippen molar-refractivity contribution in [2.75, 3.05) is 5.32 Å². The zero-order chi connectivity index (χ0) is 11.0. The van der Waals surface area contributed by atoms with E-state index in [0.29, 0.717) is 12.1 Å². The smallest absolute Gasteiger partial charge is 0.0722 e. The van der Waals surface area contributed by atoms with E-state index >= 15 is 0 Å². The topological polar surface area (TPSA) is 50.9 Å². The number of nitrogens with one attached hydrogen (secondary N) is 1. The highest BCUT2D eigenvalue weighted by Gasteiger charge is 2.25. The Morgan fingerprint density at radius 3 is 2.81 bits per heavy atom. The van der Waals surface area contributed by atoms with E-state index in [1.54, 1.807) is 0 Å². The Labute approximate surface area is 94.7 Å². The third-order valence-electron chi connectivity index (χ3n) is 3.18. The van der Waals surface area contributed by atoms with Gasteiger partial charge in [-0.05, 0) is 25.0 Å². The summed E-state index contributed by atoms with van der Waals surface area (Å²) < 4.78 is 0. The van der Waals surface area contributed by atoms with Gasteiger partial charge in [-0.3, -0.25) is 4.98 Å². The second kappa shape index (κ2) is 3.76. The van der Waals surface area contributed by atoms with E-state index in [0.717, 1.165) is 18.4 Å². The fraction of sp³-hybridized carbons (Fsp3) is 0.308. The van der Waals surface area contributed by atoms with E-state index in [1.165, 1.54) is 11.1 Å². The molecule has 0 bridgehead atoms. The van der Waals surface area contributed by atoms with Gasteiger partial charge >= 0.3 is 0 Å². The first-order valence-corrected chi connectivity index (χ1v) is 5.69. The van der Waals surface area contributed by atoms with Crippen LogP contribution in [0, 0.1) is 0 Å². The molecule has 0 spiro atoms. The zero-order valence-corrected chi connectivity index (χ0v) is 9.06. The first-order valence-electron chi connectivity index (χ1n) is 5.69. The molecule has 1 saturated carbocycles. The van der Waals surface area contributed by atoms with Gasteiger partial charge in [0.2, 0.25) is 0 Å². The maximum atomic E-state index is 5.78. The minimum absolute atomic E-state index is 0.380. The van der Waals surface area contributed by atoms with Crippen LogP contribution in [0.25, 0.3) is 10.9 Å². The molecule has 3 heteroatoms. The third kappa shape index (κ3) is 1.63. The van der Waals surface area contributed by atoms with Crippen LogP contribution >= 0.6 is 0 Å². The number of fused-ring (bicyclic) bond motifs is 1. The molecule has 0 radical (unpaired) electrons. The predicted molar refractivity (Wildman–Crippen MR) is 66.4 cm³/mol. The van der Waals surface area contributed by atoms with E-state index in [2.05, 4.69) is 16.4 Å². The molecule has 16 heavy (non-hydrogen) atoms. The van der Waals surface area contributed by atoms with Gasteiger partial charge < -0.3 is 11.1 Å². The Balaban J connectivity index is 1.91. The van der Waals surface area contributed by atoms with Crippen LogP contribution in [0.3, 0.4) is 0 Å². The van der Waals surface area contributed by atoms with Gasteiger partial charge in [0, 0.05) is 29.4 Å². The lowest BCUT2D eigenvalue weighted by Gasteiger charge is -2.34. The first kappa shape index (κ1) is 9.60. The summed E-state index contributed by atoms with van der Waals surface area (Å²) in [6, 6.07) is 11.1. The molecule has 1 heterocycles. The van der Waals surface area contributed by atoms with Crippen molar-refractivity contribution in [1.29, 1.82) is 0 Å². The second-order valence-corrected chi connectivity index (χ2v) is 4.45. The summed E-state index contributed by atoms with van der Waals surface area (Å²) >= 11 is 0. The number of pyridine rings is 1. The minimum atomic E-state index is 0.380. The van der Waals surface area contributed by atoms with E-state index in [4.69, 9.17) is 5.73 Å². The average Bonchev–Trinajstić information content (AvgIpc) is 2.27. The molecule has 1 aliphatic rings. The molecule has 1 fully saturated rings. The molecule has 2 aromatic rings. The lowest BCUT2D eigenvalue weighted by molar-refractivity contribution is 0.374. The molecule has 1 aromatic carbocycles. The number of para-hydroxylation sites is 1. The Bertz CT molecular complexity index is 498. The van der Waals surface area contributed by atoms with Crippen LogP contribution in [0.15, 0.2) is 36.5 Å². The van der Waals surface area contributed by atoms with Gasteiger partial charge in [0.05, 0.1) is 5.52 Å². The lowest BCUT2D eigenvalue weighted by Crippen LogP contribution is -2.44. The van der Waals surface area contributed by atoms with Gasteiger partial charge in [-0.1, -0.05) is 18.2 Å². The average molecular weight is 213 g/mol. The van der Waals surface area contributed by atoms with Gasteiger partial charge in [0.15, 0.2) is 0 Å². The molecule has 0 unspecified atom stereocenters. The molecule has 0 saturated heterocycles. The molecular formula is C13H15N3. The molecule has 3 N–H and O–H groups in total. The monoisotopic (exact) mass is 213 g/mol. The SMILES string of the molecule is NC1CC(Nc2ccnc3ccccc23)C1. The Hall–Kier alpha value is -1.61. The largest absolute Gasteiger partial charge is 0.382 e. The van der Waals surface area contributed by atoms with Crippen LogP contribution in [0.1, 0.15) is 12.8 Å². The number of aromatic nitrogens is 1. The maximum absolute atomic E-state index is 5.78. The van der Waals surface area contributed by atoms with Gasteiger partial charge in [0.25, 0.3) is 0 Å². The van der Waals surface area contributed by atoms with Crippen LogP contribution < -0.4 is 11.1 Å². The quantitative estimate of drug-likeness (QED) is 0.803. The van der Waals surface area contributed by atoms with E-state index in [-0.39, 0.29) is 0 Å². The highest BCUT2D eigenvalue weighted by atomic mass is 15.0. The van der Waals surface area contributed by atoms with Crippen LogP contribution in [0.4, 0.5) is 5.69 Å². The number of rotatable bonds is 2. The fourth-order valence-corrected chi connectivity index (χ4v) is 2.22. The normalized spacial score (nSPS) is 24.1. The molecule has 0 atom stereocenters. The molecule has 0 amide bonds. The number of nitrogens with two attached hydrogens (primary N) is 1. The van der Waals surface area contributed by atoms with Crippen LogP contribution in [-0.2, 0) is 0 Å². The summed E-state index contributed by atoms with van der Waals surface area (Å²) in [4.78, 5) is 4.34. The van der Waals surface area contributed by atoms with E-state index in [1.807, 2.05) is 30.5 Å². The number of anilines is 1. The molecule has 1 aliphatic carbocycles. The third-order valence-corrected chi connectivity index (χ3v) is 3.18. The zero-order valence-electron chi connectivity index (χ0n) is 9.06. The Kier molecular flexibility index (Phi) is 2.26. The van der Waals surface area contributed by atoms with Crippen molar-refractivity contribution in [3.63, 3.8) is 0 Å². The van der Waals surface area contributed by atoms with Gasteiger partial charge in [-0.15, -0.1) is 0 Å². The molecule has 3 rings (SSSR count). The summed E-state index contributed by atoms with van der Waals surface area (Å²) in [7, 11) is 0. The first-order chi connectivity index (χ1) is 7.83. The second-order valence-electron chi connectivity index (χ2n) is 4.45. The van der Waals surface area contributed by atoms with Gasteiger partial charge in [-0.25, -0.2) is 0 Å². The molecule has 0 aliphatic heterocycles. The van der Waals surface area contributed by atoms with Crippen molar-refractivity contribution in [2.45, 2.75) is 24.9 Å². The lowest BCUT2D eigenvalue weighted by atomic mass is 9.87. The summed E-state index contributed by atoms with van der Waals surface area (Å²) in [5.41, 5.74) is 7.99. The van der Waals surface area contributed by atoms with Gasteiger partial charge in [-0.2, -0.15) is 0 Å². The standard InChI is InChI=1S/C13H15N3/c14-9-7-10(8-9)16-13-5-6-15-12-4-2-1-3-11(12)13/h1-6,9-10H,7-8,14H2,(H,15,16). The molecular weight excluding hydrogens is 198 g/mol. The number of hydrogen-bond acceptors (Lipinski definition) is 3. The van der Waals surface area contributed by atoms with Crippen LogP contribution in [0.2, 0.25) is 0 Å². The maximum Gasteiger partial charge on any atom is 0.0722 e. The Morgan fingerprint density at radius 1 is 1.19 bits per heavy atom. The summed E-state index contributed by atoms with van der Waals surface area (Å²) in [5, 5.41) is 4.72. The molecule has 82 valence electrons. The van der Waals surface area contributed by atoms with E-state index in [9.17, 15) is 0 Å². The Morgan fingerprint density at radius 2 is 2.00 bits per heavy atom.